The number of anilines is 2. The fraction of sp³-hybridized carbons (Fsp3) is 0.615. The molecule has 0 unspecified atom stereocenters. The van der Waals surface area contributed by atoms with E-state index < -0.39 is 0 Å². The number of rotatable bonds is 5. The van der Waals surface area contributed by atoms with Crippen LogP contribution >= 0.6 is 0 Å². The average Bonchev–Trinajstić information content (AvgIpc) is 2.44. The van der Waals surface area contributed by atoms with E-state index in [1.807, 2.05) is 12.1 Å². The summed E-state index contributed by atoms with van der Waals surface area (Å²) in [6, 6.07) is 3.87. The van der Waals surface area contributed by atoms with E-state index in [0.717, 1.165) is 18.3 Å². The first-order valence-corrected chi connectivity index (χ1v) is 6.55. The lowest BCUT2D eigenvalue weighted by atomic mass is 9.89. The molecule has 96 valence electrons. The van der Waals surface area contributed by atoms with Crippen LogP contribution in [0.2, 0.25) is 0 Å². The zero-order valence-electron chi connectivity index (χ0n) is 10.5. The van der Waals surface area contributed by atoms with Crippen molar-refractivity contribution in [3.05, 3.63) is 12.4 Å². The van der Waals surface area contributed by atoms with E-state index in [-0.39, 0.29) is 6.54 Å². The SMILES string of the molecule is N#CCNc1cc(NCC2CCCCC2)ncn1. The molecule has 0 saturated heterocycles. The number of aromatic nitrogens is 2. The number of nitrogens with one attached hydrogen (secondary N) is 2. The summed E-state index contributed by atoms with van der Waals surface area (Å²) >= 11 is 0. The molecule has 5 nitrogen and oxygen atoms in total. The third-order valence-corrected chi connectivity index (χ3v) is 3.31. The van der Waals surface area contributed by atoms with E-state index in [2.05, 4.69) is 20.6 Å². The standard InChI is InChI=1S/C13H19N5/c14-6-7-15-12-8-13(18-10-17-12)16-9-11-4-2-1-3-5-11/h8,10-11H,1-5,7,9H2,(H2,15,16,17,18). The minimum atomic E-state index is 0.263. The Morgan fingerprint density at radius 3 is 2.61 bits per heavy atom. The van der Waals surface area contributed by atoms with Crippen LogP contribution in [-0.2, 0) is 0 Å². The van der Waals surface area contributed by atoms with Gasteiger partial charge >= 0.3 is 0 Å². The first-order chi connectivity index (χ1) is 8.88. The van der Waals surface area contributed by atoms with Crippen LogP contribution in [0.5, 0.6) is 0 Å². The Balaban J connectivity index is 1.82. The van der Waals surface area contributed by atoms with Crippen LogP contribution < -0.4 is 10.6 Å². The molecule has 1 aromatic rings. The molecule has 2 rings (SSSR count). The maximum Gasteiger partial charge on any atom is 0.132 e. The Hall–Kier alpha value is -1.83. The van der Waals surface area contributed by atoms with Crippen molar-refractivity contribution in [2.75, 3.05) is 23.7 Å². The predicted octanol–water partition coefficient (Wildman–Crippen LogP) is 2.40. The fourth-order valence-electron chi connectivity index (χ4n) is 2.32. The lowest BCUT2D eigenvalue weighted by Gasteiger charge is -2.21. The highest BCUT2D eigenvalue weighted by atomic mass is 15.1. The van der Waals surface area contributed by atoms with Crippen molar-refractivity contribution in [2.45, 2.75) is 32.1 Å². The summed E-state index contributed by atoms with van der Waals surface area (Å²) in [6.07, 6.45) is 8.24. The summed E-state index contributed by atoms with van der Waals surface area (Å²) in [7, 11) is 0. The van der Waals surface area contributed by atoms with Crippen LogP contribution in [0, 0.1) is 17.2 Å². The van der Waals surface area contributed by atoms with Gasteiger partial charge in [0.25, 0.3) is 0 Å². The predicted molar refractivity (Wildman–Crippen MR) is 71.2 cm³/mol. The van der Waals surface area contributed by atoms with E-state index in [4.69, 9.17) is 5.26 Å². The Kier molecular flexibility index (Phi) is 4.77. The summed E-state index contributed by atoms with van der Waals surface area (Å²) in [5, 5.41) is 14.8. The molecule has 1 saturated carbocycles. The number of nitrogens with zero attached hydrogens (tertiary/aromatic N) is 3. The number of hydrogen-bond acceptors (Lipinski definition) is 5. The normalized spacial score (nSPS) is 15.9. The molecule has 0 atom stereocenters. The van der Waals surface area contributed by atoms with Crippen molar-refractivity contribution < 1.29 is 0 Å². The van der Waals surface area contributed by atoms with Gasteiger partial charge in [0.2, 0.25) is 0 Å². The van der Waals surface area contributed by atoms with Crippen LogP contribution in [0.25, 0.3) is 0 Å². The molecule has 1 aliphatic rings. The number of hydrogen-bond donors (Lipinski definition) is 2. The zero-order valence-corrected chi connectivity index (χ0v) is 10.5. The molecule has 0 amide bonds. The molecule has 0 bridgehead atoms. The van der Waals surface area contributed by atoms with E-state index in [0.29, 0.717) is 5.82 Å². The van der Waals surface area contributed by atoms with Gasteiger partial charge in [-0.05, 0) is 18.8 Å². The molecule has 5 heteroatoms. The molecular weight excluding hydrogens is 226 g/mol. The largest absolute Gasteiger partial charge is 0.370 e. The summed E-state index contributed by atoms with van der Waals surface area (Å²) in [5.74, 6) is 2.29. The van der Waals surface area contributed by atoms with Gasteiger partial charge in [-0.1, -0.05) is 19.3 Å². The highest BCUT2D eigenvalue weighted by Crippen LogP contribution is 2.23. The first-order valence-electron chi connectivity index (χ1n) is 6.55. The first kappa shape index (κ1) is 12.6. The molecule has 1 fully saturated rings. The minimum Gasteiger partial charge on any atom is -0.370 e. The summed E-state index contributed by atoms with van der Waals surface area (Å²) in [6.45, 7) is 1.24. The molecule has 0 aliphatic heterocycles. The van der Waals surface area contributed by atoms with Crippen molar-refractivity contribution in [1.29, 1.82) is 5.26 Å². The van der Waals surface area contributed by atoms with Crippen molar-refractivity contribution >= 4 is 11.6 Å². The fourth-order valence-corrected chi connectivity index (χ4v) is 2.32. The second-order valence-electron chi connectivity index (χ2n) is 4.69. The molecule has 0 aromatic carbocycles. The van der Waals surface area contributed by atoms with Gasteiger partial charge in [0, 0.05) is 12.6 Å². The van der Waals surface area contributed by atoms with E-state index in [9.17, 15) is 0 Å². The van der Waals surface area contributed by atoms with Crippen LogP contribution in [0.3, 0.4) is 0 Å². The summed E-state index contributed by atoms with van der Waals surface area (Å²) < 4.78 is 0. The second kappa shape index (κ2) is 6.80. The summed E-state index contributed by atoms with van der Waals surface area (Å²) in [4.78, 5) is 8.25. The van der Waals surface area contributed by atoms with Gasteiger partial charge in [-0.25, -0.2) is 9.97 Å². The molecule has 0 spiro atoms. The third-order valence-electron chi connectivity index (χ3n) is 3.31. The molecule has 1 aromatic heterocycles. The lowest BCUT2D eigenvalue weighted by Crippen LogP contribution is -2.17. The maximum atomic E-state index is 8.50. The monoisotopic (exact) mass is 245 g/mol. The Labute approximate surface area is 108 Å². The van der Waals surface area contributed by atoms with Gasteiger partial charge < -0.3 is 10.6 Å². The van der Waals surface area contributed by atoms with E-state index in [1.165, 1.54) is 38.4 Å². The highest BCUT2D eigenvalue weighted by molar-refractivity contribution is 5.46. The van der Waals surface area contributed by atoms with Gasteiger partial charge in [0.15, 0.2) is 0 Å². The van der Waals surface area contributed by atoms with E-state index in [1.54, 1.807) is 0 Å². The summed E-state index contributed by atoms with van der Waals surface area (Å²) in [5.41, 5.74) is 0. The molecular formula is C13H19N5. The van der Waals surface area contributed by atoms with Crippen LogP contribution in [0.1, 0.15) is 32.1 Å². The average molecular weight is 245 g/mol. The van der Waals surface area contributed by atoms with Crippen molar-refractivity contribution in [3.8, 4) is 6.07 Å². The Bertz CT molecular complexity index is 406. The molecule has 1 heterocycles. The van der Waals surface area contributed by atoms with Crippen molar-refractivity contribution in [2.24, 2.45) is 5.92 Å². The third kappa shape index (κ3) is 3.88. The maximum absolute atomic E-state index is 8.50. The molecule has 1 aliphatic carbocycles. The van der Waals surface area contributed by atoms with Gasteiger partial charge in [0.1, 0.15) is 24.5 Å². The molecule has 0 radical (unpaired) electrons. The highest BCUT2D eigenvalue weighted by Gasteiger charge is 2.13. The van der Waals surface area contributed by atoms with Crippen molar-refractivity contribution in [1.82, 2.24) is 9.97 Å². The van der Waals surface area contributed by atoms with E-state index >= 15 is 0 Å². The number of nitriles is 1. The zero-order chi connectivity index (χ0) is 12.6. The minimum absolute atomic E-state index is 0.263. The quantitative estimate of drug-likeness (QED) is 0.779. The lowest BCUT2D eigenvalue weighted by molar-refractivity contribution is 0.373. The van der Waals surface area contributed by atoms with Gasteiger partial charge in [-0.2, -0.15) is 5.26 Å². The van der Waals surface area contributed by atoms with Gasteiger partial charge in [-0.3, -0.25) is 0 Å². The van der Waals surface area contributed by atoms with Gasteiger partial charge in [-0.15, -0.1) is 0 Å². The smallest absolute Gasteiger partial charge is 0.132 e. The topological polar surface area (TPSA) is 73.6 Å². The molecule has 2 N–H and O–H groups in total. The van der Waals surface area contributed by atoms with Crippen LogP contribution in [0.4, 0.5) is 11.6 Å². The van der Waals surface area contributed by atoms with Gasteiger partial charge in [0.05, 0.1) is 6.07 Å². The Morgan fingerprint density at radius 1 is 1.17 bits per heavy atom. The second-order valence-corrected chi connectivity index (χ2v) is 4.69. The van der Waals surface area contributed by atoms with Crippen LogP contribution in [-0.4, -0.2) is 23.1 Å². The molecule has 18 heavy (non-hydrogen) atoms. The van der Waals surface area contributed by atoms with Crippen molar-refractivity contribution in [3.63, 3.8) is 0 Å². The Morgan fingerprint density at radius 2 is 1.89 bits per heavy atom. The van der Waals surface area contributed by atoms with Crippen LogP contribution in [0.15, 0.2) is 12.4 Å².